The van der Waals surface area contributed by atoms with Crippen LogP contribution in [-0.4, -0.2) is 32.4 Å². The predicted octanol–water partition coefficient (Wildman–Crippen LogP) is 5.34. The Morgan fingerprint density at radius 1 is 0.938 bits per heavy atom. The zero-order valence-corrected chi connectivity index (χ0v) is 20.5. The Morgan fingerprint density at radius 2 is 1.56 bits per heavy atom. The van der Waals surface area contributed by atoms with Crippen molar-refractivity contribution in [3.05, 3.63) is 53.6 Å². The van der Waals surface area contributed by atoms with Gasteiger partial charge < -0.3 is 14.2 Å². The van der Waals surface area contributed by atoms with E-state index in [2.05, 4.69) is 57.3 Å². The van der Waals surface area contributed by atoms with Gasteiger partial charge in [-0.3, -0.25) is 4.79 Å². The normalized spacial score (nSPS) is 12.3. The molecule has 2 aromatic rings. The molecule has 1 N–H and O–H groups in total. The van der Waals surface area contributed by atoms with E-state index in [0.717, 1.165) is 12.0 Å². The first kappa shape index (κ1) is 25.2. The molecule has 174 valence electrons. The van der Waals surface area contributed by atoms with Crippen LogP contribution in [0.5, 0.6) is 17.2 Å². The van der Waals surface area contributed by atoms with Crippen LogP contribution in [-0.2, 0) is 10.2 Å². The van der Waals surface area contributed by atoms with Gasteiger partial charge >= 0.3 is 0 Å². The summed E-state index contributed by atoms with van der Waals surface area (Å²) in [6.45, 7) is 12.9. The number of benzene rings is 2. The molecule has 2 rings (SSSR count). The number of rotatable bonds is 9. The average molecular weight is 441 g/mol. The van der Waals surface area contributed by atoms with E-state index in [1.54, 1.807) is 27.2 Å². The molecule has 0 aliphatic rings. The van der Waals surface area contributed by atoms with E-state index in [4.69, 9.17) is 14.2 Å². The quantitative estimate of drug-likeness (QED) is 0.422. The van der Waals surface area contributed by atoms with E-state index < -0.39 is 0 Å². The third-order valence-corrected chi connectivity index (χ3v) is 5.12. The van der Waals surface area contributed by atoms with Gasteiger partial charge in [0.15, 0.2) is 6.61 Å². The summed E-state index contributed by atoms with van der Waals surface area (Å²) in [6, 6.07) is 13.4. The molecule has 0 aliphatic heterocycles. The van der Waals surface area contributed by atoms with Crippen LogP contribution >= 0.6 is 0 Å². The first-order valence-corrected chi connectivity index (χ1v) is 10.7. The molecular weight excluding hydrogens is 404 g/mol. The van der Waals surface area contributed by atoms with Crippen molar-refractivity contribution in [2.75, 3.05) is 20.8 Å². The number of hydrazone groups is 1. The van der Waals surface area contributed by atoms with Crippen molar-refractivity contribution in [3.63, 3.8) is 0 Å². The van der Waals surface area contributed by atoms with E-state index >= 15 is 0 Å². The average Bonchev–Trinajstić information content (AvgIpc) is 2.74. The van der Waals surface area contributed by atoms with Crippen LogP contribution in [0.1, 0.15) is 59.1 Å². The number of ether oxygens (including phenoxy) is 3. The molecule has 0 heterocycles. The first-order chi connectivity index (χ1) is 14.9. The number of amides is 1. The molecule has 6 nitrogen and oxygen atoms in total. The Bertz CT molecular complexity index is 941. The maximum absolute atomic E-state index is 12.2. The molecule has 0 radical (unpaired) electrons. The molecule has 2 aromatic carbocycles. The Kier molecular flexibility index (Phi) is 8.31. The summed E-state index contributed by atoms with van der Waals surface area (Å²) in [5, 5.41) is 4.17. The highest BCUT2D eigenvalue weighted by atomic mass is 16.5. The lowest BCUT2D eigenvalue weighted by Gasteiger charge is -2.33. The zero-order valence-electron chi connectivity index (χ0n) is 20.5. The summed E-state index contributed by atoms with van der Waals surface area (Å²) in [7, 11) is 3.17. The molecule has 0 spiro atoms. The fraction of sp³-hybridized carbons (Fsp3) is 0.462. The maximum Gasteiger partial charge on any atom is 0.277 e. The summed E-state index contributed by atoms with van der Waals surface area (Å²) in [5.41, 5.74) is 5.46. The summed E-state index contributed by atoms with van der Waals surface area (Å²) in [4.78, 5) is 12.2. The minimum Gasteiger partial charge on any atom is -0.497 e. The van der Waals surface area contributed by atoms with E-state index in [1.165, 1.54) is 5.56 Å². The Morgan fingerprint density at radius 3 is 2.12 bits per heavy atom. The van der Waals surface area contributed by atoms with Crippen molar-refractivity contribution in [2.45, 2.75) is 53.4 Å². The minimum absolute atomic E-state index is 0.0584. The van der Waals surface area contributed by atoms with Gasteiger partial charge in [-0.15, -0.1) is 0 Å². The van der Waals surface area contributed by atoms with Gasteiger partial charge in [0.25, 0.3) is 5.91 Å². The summed E-state index contributed by atoms with van der Waals surface area (Å²) in [5.74, 6) is 1.61. The predicted molar refractivity (Wildman–Crippen MR) is 129 cm³/mol. The second-order valence-electron chi connectivity index (χ2n) is 9.73. The minimum atomic E-state index is -0.339. The van der Waals surface area contributed by atoms with Crippen LogP contribution in [0.25, 0.3) is 0 Å². The lowest BCUT2D eigenvalue weighted by atomic mass is 9.72. The monoisotopic (exact) mass is 440 g/mol. The summed E-state index contributed by atoms with van der Waals surface area (Å²) in [6.07, 6.45) is 1.07. The number of hydrogen-bond acceptors (Lipinski definition) is 5. The van der Waals surface area contributed by atoms with Crippen molar-refractivity contribution in [3.8, 4) is 17.2 Å². The van der Waals surface area contributed by atoms with Crippen molar-refractivity contribution >= 4 is 11.6 Å². The van der Waals surface area contributed by atoms with Crippen LogP contribution in [0.2, 0.25) is 0 Å². The van der Waals surface area contributed by atoms with Crippen molar-refractivity contribution < 1.29 is 19.0 Å². The number of hydrogen-bond donors (Lipinski definition) is 1. The van der Waals surface area contributed by atoms with Gasteiger partial charge in [-0.2, -0.15) is 5.10 Å². The Labute approximate surface area is 192 Å². The van der Waals surface area contributed by atoms with E-state index in [0.29, 0.717) is 23.0 Å². The van der Waals surface area contributed by atoms with Crippen LogP contribution in [0, 0.1) is 5.41 Å². The molecule has 0 atom stereocenters. The number of nitrogens with one attached hydrogen (secondary N) is 1. The second-order valence-corrected chi connectivity index (χ2v) is 9.73. The van der Waals surface area contributed by atoms with Crippen LogP contribution in [0.15, 0.2) is 47.6 Å². The standard InChI is InChI=1S/C26H36N2O4/c1-18(22-14-13-21(30-7)15-23(22)31-8)27-28-24(29)16-32-20-11-9-19(10-12-20)26(5,6)17-25(2,3)4/h9-15H,16-17H2,1-8H3,(H,28,29)/b27-18+. The number of methoxy groups -OCH3 is 2. The van der Waals surface area contributed by atoms with Gasteiger partial charge in [0.2, 0.25) is 0 Å². The summed E-state index contributed by atoms with van der Waals surface area (Å²) >= 11 is 0. The van der Waals surface area contributed by atoms with Gasteiger partial charge in [-0.05, 0) is 54.0 Å². The Hall–Kier alpha value is -3.02. The van der Waals surface area contributed by atoms with Gasteiger partial charge in [0.1, 0.15) is 17.2 Å². The van der Waals surface area contributed by atoms with Crippen molar-refractivity contribution in [1.82, 2.24) is 5.43 Å². The smallest absolute Gasteiger partial charge is 0.277 e. The van der Waals surface area contributed by atoms with Crippen LogP contribution in [0.3, 0.4) is 0 Å². The second kappa shape index (κ2) is 10.5. The third-order valence-electron chi connectivity index (χ3n) is 5.12. The molecular formula is C26H36N2O4. The molecule has 0 saturated heterocycles. The molecule has 0 fully saturated rings. The maximum atomic E-state index is 12.2. The van der Waals surface area contributed by atoms with E-state index in [1.807, 2.05) is 24.3 Å². The third kappa shape index (κ3) is 7.29. The highest BCUT2D eigenvalue weighted by Crippen LogP contribution is 2.36. The number of carbonyl (C=O) groups excluding carboxylic acids is 1. The zero-order chi connectivity index (χ0) is 23.9. The largest absolute Gasteiger partial charge is 0.497 e. The van der Waals surface area contributed by atoms with E-state index in [9.17, 15) is 4.79 Å². The van der Waals surface area contributed by atoms with E-state index in [-0.39, 0.29) is 23.3 Å². The molecule has 32 heavy (non-hydrogen) atoms. The fourth-order valence-corrected chi connectivity index (χ4v) is 3.92. The summed E-state index contributed by atoms with van der Waals surface area (Å²) < 4.78 is 16.2. The van der Waals surface area contributed by atoms with Gasteiger partial charge in [0.05, 0.1) is 19.9 Å². The fourth-order valence-electron chi connectivity index (χ4n) is 3.92. The molecule has 0 aliphatic carbocycles. The van der Waals surface area contributed by atoms with Crippen molar-refractivity contribution in [1.29, 1.82) is 0 Å². The lowest BCUT2D eigenvalue weighted by Crippen LogP contribution is -2.26. The molecule has 0 bridgehead atoms. The van der Waals surface area contributed by atoms with Gasteiger partial charge in [-0.25, -0.2) is 5.43 Å². The van der Waals surface area contributed by atoms with Crippen LogP contribution < -0.4 is 19.6 Å². The highest BCUT2D eigenvalue weighted by molar-refractivity contribution is 6.01. The molecule has 0 saturated carbocycles. The molecule has 1 amide bonds. The number of nitrogens with zero attached hydrogens (tertiary/aromatic N) is 1. The molecule has 6 heteroatoms. The van der Waals surface area contributed by atoms with Gasteiger partial charge in [0, 0.05) is 11.6 Å². The van der Waals surface area contributed by atoms with Gasteiger partial charge in [-0.1, -0.05) is 46.8 Å². The van der Waals surface area contributed by atoms with Crippen LogP contribution in [0.4, 0.5) is 0 Å². The molecule has 0 unspecified atom stereocenters. The van der Waals surface area contributed by atoms with Crippen molar-refractivity contribution in [2.24, 2.45) is 10.5 Å². The first-order valence-electron chi connectivity index (χ1n) is 10.7. The lowest BCUT2D eigenvalue weighted by molar-refractivity contribution is -0.123. The topological polar surface area (TPSA) is 69.2 Å². The molecule has 0 aromatic heterocycles. The SMILES string of the molecule is COc1ccc(/C(C)=N/NC(=O)COc2ccc(C(C)(C)CC(C)(C)C)cc2)c(OC)c1. The number of carbonyl (C=O) groups is 1. The Balaban J connectivity index is 1.94. The highest BCUT2D eigenvalue weighted by Gasteiger charge is 2.27.